The molecule has 1 aromatic heterocycles. The summed E-state index contributed by atoms with van der Waals surface area (Å²) in [7, 11) is 0. The molecule has 0 spiro atoms. The van der Waals surface area contributed by atoms with Crippen molar-refractivity contribution >= 4 is 23.4 Å². The van der Waals surface area contributed by atoms with Crippen LogP contribution < -0.4 is 10.6 Å². The fourth-order valence-electron chi connectivity index (χ4n) is 5.49. The standard InChI is InChI=1S/C32H44FN5O4/c1-4-22(2)8-7-11-28(36-32(41)29-14-15-34-38(29)25-9-5-6-10-25)31(40)35-27-13-12-24(21-26(27)33)23(3)20-30(39)37-16-18-42-19-17-37/h11-15,21-23,25H,4-10,16-20H2,1-3H3,(H,35,40)(H,36,41)/b28-11-. The van der Waals surface area contributed by atoms with E-state index >= 15 is 4.39 Å². The number of carbonyl (C=O) groups is 3. The molecule has 0 radical (unpaired) electrons. The lowest BCUT2D eigenvalue weighted by atomic mass is 9.96. The number of benzene rings is 1. The van der Waals surface area contributed by atoms with Gasteiger partial charge in [-0.15, -0.1) is 0 Å². The van der Waals surface area contributed by atoms with Crippen LogP contribution in [0.2, 0.25) is 0 Å². The average molecular weight is 582 g/mol. The highest BCUT2D eigenvalue weighted by Gasteiger charge is 2.25. The molecule has 2 heterocycles. The van der Waals surface area contributed by atoms with Crippen LogP contribution in [0.3, 0.4) is 0 Å². The molecular formula is C32H44FN5O4. The molecule has 2 aromatic rings. The molecule has 2 atom stereocenters. The number of allylic oxidation sites excluding steroid dienone is 1. The number of aromatic nitrogens is 2. The molecule has 1 aliphatic carbocycles. The number of morpholine rings is 1. The molecule has 2 aliphatic rings. The van der Waals surface area contributed by atoms with Crippen LogP contribution in [0.5, 0.6) is 0 Å². The van der Waals surface area contributed by atoms with Crippen molar-refractivity contribution < 1.29 is 23.5 Å². The molecule has 1 aromatic carbocycles. The zero-order valence-corrected chi connectivity index (χ0v) is 25.0. The van der Waals surface area contributed by atoms with Crippen LogP contribution in [0.1, 0.15) is 100 Å². The van der Waals surface area contributed by atoms with Crippen molar-refractivity contribution in [2.75, 3.05) is 31.6 Å². The Balaban J connectivity index is 1.44. The SMILES string of the molecule is CCC(C)CC/C=C(\NC(=O)c1ccnn1C1CCCC1)C(=O)Nc1ccc(C(C)CC(=O)N2CCOCC2)cc1F. The molecular weight excluding hydrogens is 537 g/mol. The molecule has 2 fully saturated rings. The van der Waals surface area contributed by atoms with Crippen molar-refractivity contribution in [3.63, 3.8) is 0 Å². The lowest BCUT2D eigenvalue weighted by molar-refractivity contribution is -0.135. The Morgan fingerprint density at radius 1 is 1.14 bits per heavy atom. The van der Waals surface area contributed by atoms with Gasteiger partial charge in [0.1, 0.15) is 17.2 Å². The summed E-state index contributed by atoms with van der Waals surface area (Å²) in [6.07, 6.45) is 10.2. The van der Waals surface area contributed by atoms with Crippen molar-refractivity contribution in [1.82, 2.24) is 20.0 Å². The second-order valence-corrected chi connectivity index (χ2v) is 11.6. The van der Waals surface area contributed by atoms with E-state index in [1.165, 1.54) is 12.1 Å². The molecule has 4 rings (SSSR count). The van der Waals surface area contributed by atoms with Gasteiger partial charge in [-0.1, -0.05) is 52.2 Å². The summed E-state index contributed by atoms with van der Waals surface area (Å²) < 4.78 is 22.3. The number of anilines is 1. The van der Waals surface area contributed by atoms with Crippen LogP contribution in [-0.2, 0) is 14.3 Å². The number of nitrogens with zero attached hydrogens (tertiary/aromatic N) is 3. The predicted octanol–water partition coefficient (Wildman–Crippen LogP) is 5.57. The maximum atomic E-state index is 15.2. The van der Waals surface area contributed by atoms with Crippen molar-refractivity contribution in [2.45, 2.75) is 84.1 Å². The minimum absolute atomic E-state index is 0.00790. The molecule has 10 heteroatoms. The van der Waals surface area contributed by atoms with E-state index in [0.29, 0.717) is 49.9 Å². The predicted molar refractivity (Wildman–Crippen MR) is 159 cm³/mol. The van der Waals surface area contributed by atoms with E-state index in [2.05, 4.69) is 29.6 Å². The van der Waals surface area contributed by atoms with E-state index in [-0.39, 0.29) is 35.7 Å². The monoisotopic (exact) mass is 581 g/mol. The van der Waals surface area contributed by atoms with E-state index in [1.807, 2.05) is 6.92 Å². The van der Waals surface area contributed by atoms with Gasteiger partial charge in [-0.3, -0.25) is 19.1 Å². The van der Waals surface area contributed by atoms with Gasteiger partial charge in [-0.05, 0) is 61.3 Å². The van der Waals surface area contributed by atoms with Gasteiger partial charge in [-0.25, -0.2) is 4.39 Å². The summed E-state index contributed by atoms with van der Waals surface area (Å²) in [6.45, 7) is 8.33. The number of hydrogen-bond acceptors (Lipinski definition) is 5. The molecule has 228 valence electrons. The highest BCUT2D eigenvalue weighted by atomic mass is 19.1. The number of hydrogen-bond donors (Lipinski definition) is 2. The topological polar surface area (TPSA) is 106 Å². The third-order valence-corrected chi connectivity index (χ3v) is 8.43. The Morgan fingerprint density at radius 2 is 1.88 bits per heavy atom. The maximum absolute atomic E-state index is 15.2. The largest absolute Gasteiger partial charge is 0.378 e. The summed E-state index contributed by atoms with van der Waals surface area (Å²) in [4.78, 5) is 41.1. The van der Waals surface area contributed by atoms with Gasteiger partial charge >= 0.3 is 0 Å². The second kappa shape index (κ2) is 15.1. The number of ether oxygens (including phenoxy) is 1. The van der Waals surface area contributed by atoms with E-state index < -0.39 is 17.6 Å². The summed E-state index contributed by atoms with van der Waals surface area (Å²) in [6, 6.07) is 6.42. The zero-order valence-electron chi connectivity index (χ0n) is 25.0. The fraction of sp³-hybridized carbons (Fsp3) is 0.562. The summed E-state index contributed by atoms with van der Waals surface area (Å²) in [5.41, 5.74) is 1.16. The van der Waals surface area contributed by atoms with Gasteiger partial charge in [0, 0.05) is 25.7 Å². The molecule has 1 saturated heterocycles. The first-order chi connectivity index (χ1) is 20.3. The fourth-order valence-corrected chi connectivity index (χ4v) is 5.49. The Bertz CT molecular complexity index is 1260. The van der Waals surface area contributed by atoms with E-state index in [1.54, 1.807) is 34.0 Å². The summed E-state index contributed by atoms with van der Waals surface area (Å²) in [5.74, 6) is -1.33. The quantitative estimate of drug-likeness (QED) is 0.319. The Morgan fingerprint density at radius 3 is 2.57 bits per heavy atom. The number of amides is 3. The van der Waals surface area contributed by atoms with Gasteiger partial charge in [0.25, 0.3) is 11.8 Å². The van der Waals surface area contributed by atoms with E-state index in [0.717, 1.165) is 38.5 Å². The van der Waals surface area contributed by atoms with Gasteiger partial charge in [0.15, 0.2) is 0 Å². The Kier molecular flexibility index (Phi) is 11.3. The van der Waals surface area contributed by atoms with Crippen LogP contribution >= 0.6 is 0 Å². The van der Waals surface area contributed by atoms with Crippen LogP contribution in [0.25, 0.3) is 0 Å². The smallest absolute Gasteiger partial charge is 0.274 e. The number of carbonyl (C=O) groups excluding carboxylic acids is 3. The van der Waals surface area contributed by atoms with Crippen molar-refractivity contribution in [3.8, 4) is 0 Å². The normalized spacial score (nSPS) is 17.6. The van der Waals surface area contributed by atoms with Gasteiger partial charge in [0.2, 0.25) is 5.91 Å². The highest BCUT2D eigenvalue weighted by Crippen LogP contribution is 2.30. The van der Waals surface area contributed by atoms with Crippen molar-refractivity contribution in [3.05, 3.63) is 59.3 Å². The van der Waals surface area contributed by atoms with Crippen molar-refractivity contribution in [2.24, 2.45) is 5.92 Å². The zero-order chi connectivity index (χ0) is 30.1. The molecule has 9 nitrogen and oxygen atoms in total. The Hall–Kier alpha value is -3.53. The maximum Gasteiger partial charge on any atom is 0.274 e. The number of rotatable bonds is 12. The van der Waals surface area contributed by atoms with E-state index in [4.69, 9.17) is 4.74 Å². The van der Waals surface area contributed by atoms with Crippen LogP contribution in [0, 0.1) is 11.7 Å². The van der Waals surface area contributed by atoms with Crippen LogP contribution in [0.4, 0.5) is 10.1 Å². The first kappa shape index (κ1) is 31.4. The third-order valence-electron chi connectivity index (χ3n) is 8.43. The lowest BCUT2D eigenvalue weighted by Crippen LogP contribution is -2.41. The Labute approximate surface area is 247 Å². The van der Waals surface area contributed by atoms with Crippen LogP contribution in [-0.4, -0.2) is 58.7 Å². The average Bonchev–Trinajstić information content (AvgIpc) is 3.70. The number of halogens is 1. The van der Waals surface area contributed by atoms with Gasteiger partial charge < -0.3 is 20.3 Å². The molecule has 3 amide bonds. The summed E-state index contributed by atoms with van der Waals surface area (Å²) in [5, 5.41) is 9.78. The molecule has 2 unspecified atom stereocenters. The molecule has 1 aliphatic heterocycles. The molecule has 42 heavy (non-hydrogen) atoms. The minimum atomic E-state index is -0.601. The first-order valence-corrected chi connectivity index (χ1v) is 15.3. The van der Waals surface area contributed by atoms with E-state index in [9.17, 15) is 14.4 Å². The minimum Gasteiger partial charge on any atom is -0.378 e. The van der Waals surface area contributed by atoms with Crippen LogP contribution in [0.15, 0.2) is 42.2 Å². The molecule has 1 saturated carbocycles. The van der Waals surface area contributed by atoms with Gasteiger partial charge in [0.05, 0.1) is 24.9 Å². The first-order valence-electron chi connectivity index (χ1n) is 15.3. The van der Waals surface area contributed by atoms with Crippen molar-refractivity contribution in [1.29, 1.82) is 0 Å². The molecule has 2 N–H and O–H groups in total. The summed E-state index contributed by atoms with van der Waals surface area (Å²) >= 11 is 0. The third kappa shape index (κ3) is 8.27. The number of nitrogens with one attached hydrogen (secondary N) is 2. The molecule has 0 bridgehead atoms. The van der Waals surface area contributed by atoms with Gasteiger partial charge in [-0.2, -0.15) is 5.10 Å². The lowest BCUT2D eigenvalue weighted by Gasteiger charge is -2.28. The highest BCUT2D eigenvalue weighted by molar-refractivity contribution is 6.07. The second-order valence-electron chi connectivity index (χ2n) is 11.6.